The fourth-order valence-corrected chi connectivity index (χ4v) is 3.28. The quantitative estimate of drug-likeness (QED) is 0.425. The summed E-state index contributed by atoms with van der Waals surface area (Å²) in [5.41, 5.74) is 3.11. The molecule has 4 rings (SSSR count). The van der Waals surface area contributed by atoms with Crippen LogP contribution < -0.4 is 0 Å². The lowest BCUT2D eigenvalue weighted by atomic mass is 10.0. The third kappa shape index (κ3) is 3.14. The first-order chi connectivity index (χ1) is 12.6. The molecule has 0 aliphatic rings. The summed E-state index contributed by atoms with van der Waals surface area (Å²) >= 11 is 6.17. The Morgan fingerprint density at radius 3 is 2.42 bits per heavy atom. The van der Waals surface area contributed by atoms with Gasteiger partial charge in [-0.05, 0) is 35.9 Å². The smallest absolute Gasteiger partial charge is 0.195 e. The lowest BCUT2D eigenvalue weighted by Crippen LogP contribution is -2.01. The predicted octanol–water partition coefficient (Wildman–Crippen LogP) is 5.71. The van der Waals surface area contributed by atoms with Crippen LogP contribution in [0.1, 0.15) is 21.5 Å². The largest absolute Gasteiger partial charge is 0.342 e. The van der Waals surface area contributed by atoms with Crippen molar-refractivity contribution in [3.63, 3.8) is 0 Å². The highest BCUT2D eigenvalue weighted by molar-refractivity contribution is 6.31. The summed E-state index contributed by atoms with van der Waals surface area (Å²) in [7, 11) is 0. The Balaban J connectivity index is 1.82. The predicted molar refractivity (Wildman–Crippen MR) is 102 cm³/mol. The van der Waals surface area contributed by atoms with Gasteiger partial charge in [-0.15, -0.1) is 0 Å². The normalized spacial score (nSPS) is 11.0. The molecule has 0 unspecified atom stereocenters. The van der Waals surface area contributed by atoms with E-state index in [4.69, 9.17) is 11.6 Å². The standard InChI is InChI=1S/C22H15ClFNO/c23-17-8-11-21-19(12-17)20(22(26)16-4-2-1-3-5-16)14-25(21)13-15-6-9-18(24)10-7-15/h1-12,14H,13H2. The molecular formula is C22H15ClFNO. The van der Waals surface area contributed by atoms with Gasteiger partial charge in [0.2, 0.25) is 0 Å². The van der Waals surface area contributed by atoms with Crippen LogP contribution in [0.15, 0.2) is 79.0 Å². The molecule has 0 aliphatic heterocycles. The van der Waals surface area contributed by atoms with Crippen LogP contribution >= 0.6 is 11.6 Å². The number of carbonyl (C=O) groups excluding carboxylic acids is 1. The molecule has 4 aromatic rings. The van der Waals surface area contributed by atoms with E-state index in [2.05, 4.69) is 0 Å². The Hall–Kier alpha value is -2.91. The third-order valence-electron chi connectivity index (χ3n) is 4.39. The van der Waals surface area contributed by atoms with Crippen molar-refractivity contribution in [2.75, 3.05) is 0 Å². The highest BCUT2D eigenvalue weighted by atomic mass is 35.5. The van der Waals surface area contributed by atoms with Gasteiger partial charge < -0.3 is 4.57 Å². The fourth-order valence-electron chi connectivity index (χ4n) is 3.11. The molecule has 2 nitrogen and oxygen atoms in total. The SMILES string of the molecule is O=C(c1ccccc1)c1cn(Cc2ccc(F)cc2)c2ccc(Cl)cc12. The lowest BCUT2D eigenvalue weighted by Gasteiger charge is -2.05. The van der Waals surface area contributed by atoms with Crippen LogP contribution in [0.3, 0.4) is 0 Å². The van der Waals surface area contributed by atoms with Crippen LogP contribution in [0.2, 0.25) is 5.02 Å². The van der Waals surface area contributed by atoms with Crippen molar-refractivity contribution in [3.05, 3.63) is 107 Å². The maximum Gasteiger partial charge on any atom is 0.195 e. The molecule has 0 fully saturated rings. The second-order valence-electron chi connectivity index (χ2n) is 6.15. The van der Waals surface area contributed by atoms with Gasteiger partial charge in [0.1, 0.15) is 5.82 Å². The molecule has 3 aromatic carbocycles. The first kappa shape index (κ1) is 16.6. The second kappa shape index (κ2) is 6.77. The number of halogens is 2. The number of carbonyl (C=O) groups is 1. The summed E-state index contributed by atoms with van der Waals surface area (Å²) in [5, 5.41) is 1.40. The number of fused-ring (bicyclic) bond motifs is 1. The second-order valence-corrected chi connectivity index (χ2v) is 6.59. The van der Waals surface area contributed by atoms with Crippen LogP contribution in [0.4, 0.5) is 4.39 Å². The van der Waals surface area contributed by atoms with Gasteiger partial charge in [0.05, 0.1) is 0 Å². The van der Waals surface area contributed by atoms with Gasteiger partial charge in [0.25, 0.3) is 0 Å². The van der Waals surface area contributed by atoms with E-state index < -0.39 is 0 Å². The molecule has 0 spiro atoms. The Bertz CT molecular complexity index is 1080. The van der Waals surface area contributed by atoms with Crippen LogP contribution in [0, 0.1) is 5.82 Å². The average molecular weight is 364 g/mol. The molecule has 4 heteroatoms. The van der Waals surface area contributed by atoms with Crippen molar-refractivity contribution in [2.24, 2.45) is 0 Å². The topological polar surface area (TPSA) is 22.0 Å². The summed E-state index contributed by atoms with van der Waals surface area (Å²) in [5.74, 6) is -0.312. The fraction of sp³-hybridized carbons (Fsp3) is 0.0455. The summed E-state index contributed by atoms with van der Waals surface area (Å²) < 4.78 is 15.1. The van der Waals surface area contributed by atoms with Crippen molar-refractivity contribution >= 4 is 28.3 Å². The molecule has 0 aliphatic carbocycles. The van der Waals surface area contributed by atoms with E-state index in [1.54, 1.807) is 24.3 Å². The summed E-state index contributed by atoms with van der Waals surface area (Å²) in [6.07, 6.45) is 1.85. The molecule has 0 N–H and O–H groups in total. The van der Waals surface area contributed by atoms with E-state index in [1.165, 1.54) is 12.1 Å². The van der Waals surface area contributed by atoms with E-state index in [1.807, 2.05) is 47.2 Å². The third-order valence-corrected chi connectivity index (χ3v) is 4.63. The minimum Gasteiger partial charge on any atom is -0.342 e. The molecule has 0 saturated carbocycles. The summed E-state index contributed by atoms with van der Waals surface area (Å²) in [4.78, 5) is 13.0. The van der Waals surface area contributed by atoms with E-state index in [0.29, 0.717) is 22.7 Å². The van der Waals surface area contributed by atoms with E-state index in [-0.39, 0.29) is 11.6 Å². The van der Waals surface area contributed by atoms with Gasteiger partial charge in [-0.1, -0.05) is 54.1 Å². The summed E-state index contributed by atoms with van der Waals surface area (Å²) in [6.45, 7) is 0.542. The Morgan fingerprint density at radius 2 is 1.69 bits per heavy atom. The van der Waals surface area contributed by atoms with Crippen LogP contribution in [0.25, 0.3) is 10.9 Å². The van der Waals surface area contributed by atoms with Crippen molar-refractivity contribution < 1.29 is 9.18 Å². The van der Waals surface area contributed by atoms with Crippen molar-refractivity contribution in [3.8, 4) is 0 Å². The van der Waals surface area contributed by atoms with Crippen LogP contribution in [-0.4, -0.2) is 10.4 Å². The maximum atomic E-state index is 13.2. The van der Waals surface area contributed by atoms with Crippen molar-refractivity contribution in [2.45, 2.75) is 6.54 Å². The minimum absolute atomic E-state index is 0.0456. The number of aromatic nitrogens is 1. The molecule has 0 amide bonds. The molecule has 0 saturated heterocycles. The number of hydrogen-bond acceptors (Lipinski definition) is 1. The van der Waals surface area contributed by atoms with Gasteiger partial charge in [-0.3, -0.25) is 4.79 Å². The Labute approximate surface area is 155 Å². The monoisotopic (exact) mass is 363 g/mol. The van der Waals surface area contributed by atoms with E-state index in [0.717, 1.165) is 16.5 Å². The Kier molecular flexibility index (Phi) is 4.31. The van der Waals surface area contributed by atoms with Crippen LogP contribution in [0.5, 0.6) is 0 Å². The number of benzene rings is 3. The molecule has 128 valence electrons. The highest BCUT2D eigenvalue weighted by Gasteiger charge is 2.17. The molecular weight excluding hydrogens is 349 g/mol. The van der Waals surface area contributed by atoms with Gasteiger partial charge in [0, 0.05) is 39.8 Å². The van der Waals surface area contributed by atoms with Gasteiger partial charge in [0.15, 0.2) is 5.78 Å². The van der Waals surface area contributed by atoms with Gasteiger partial charge >= 0.3 is 0 Å². The minimum atomic E-state index is -0.266. The number of ketones is 1. The average Bonchev–Trinajstić information content (AvgIpc) is 3.01. The number of rotatable bonds is 4. The van der Waals surface area contributed by atoms with Gasteiger partial charge in [-0.25, -0.2) is 4.39 Å². The number of nitrogens with zero attached hydrogens (tertiary/aromatic N) is 1. The first-order valence-corrected chi connectivity index (χ1v) is 8.62. The molecule has 1 heterocycles. The maximum absolute atomic E-state index is 13.2. The lowest BCUT2D eigenvalue weighted by molar-refractivity contribution is 0.104. The molecule has 1 aromatic heterocycles. The summed E-state index contributed by atoms with van der Waals surface area (Å²) in [6, 6.07) is 21.1. The molecule has 26 heavy (non-hydrogen) atoms. The first-order valence-electron chi connectivity index (χ1n) is 8.24. The Morgan fingerprint density at radius 1 is 0.962 bits per heavy atom. The number of hydrogen-bond donors (Lipinski definition) is 0. The van der Waals surface area contributed by atoms with Crippen molar-refractivity contribution in [1.29, 1.82) is 0 Å². The molecule has 0 radical (unpaired) electrons. The molecule has 0 atom stereocenters. The highest BCUT2D eigenvalue weighted by Crippen LogP contribution is 2.27. The zero-order valence-electron chi connectivity index (χ0n) is 13.8. The van der Waals surface area contributed by atoms with Crippen LogP contribution in [-0.2, 0) is 6.54 Å². The van der Waals surface area contributed by atoms with E-state index >= 15 is 0 Å². The zero-order valence-corrected chi connectivity index (χ0v) is 14.6. The van der Waals surface area contributed by atoms with Gasteiger partial charge in [-0.2, -0.15) is 0 Å². The van der Waals surface area contributed by atoms with E-state index in [9.17, 15) is 9.18 Å². The van der Waals surface area contributed by atoms with Crippen molar-refractivity contribution in [1.82, 2.24) is 4.57 Å². The zero-order chi connectivity index (χ0) is 18.1. The molecule has 0 bridgehead atoms.